The summed E-state index contributed by atoms with van der Waals surface area (Å²) in [4.78, 5) is 13.2. The Kier molecular flexibility index (Phi) is 9.00. The van der Waals surface area contributed by atoms with E-state index in [4.69, 9.17) is 13.3 Å². The topological polar surface area (TPSA) is 47.9 Å². The molecule has 0 bridgehead atoms. The number of hydrogen-bond acceptors (Lipinski definition) is 4. The molecule has 0 unspecified atom stereocenters. The summed E-state index contributed by atoms with van der Waals surface area (Å²) >= 11 is 0. The van der Waals surface area contributed by atoms with Crippen LogP contribution in [0.3, 0.4) is 0 Å². The van der Waals surface area contributed by atoms with Crippen molar-refractivity contribution >= 4 is 31.5 Å². The standard InChI is InChI=1S/C27H37O4PSi/c1-4-29-33(30-5-2,31-6-3)24-16-23-32(28,25-17-10-7-11-18-25,26-19-12-8-13-20-26)27-21-14-9-15-22-27/h7-15,17-22,28H,4-6,16,23-24H2,1-3H3. The molecule has 0 radical (unpaired) electrons. The average molecular weight is 485 g/mol. The van der Waals surface area contributed by atoms with Gasteiger partial charge in [0.05, 0.1) is 0 Å². The molecule has 3 rings (SSSR count). The third-order valence-corrected chi connectivity index (χ3v) is 14.7. The SMILES string of the molecule is CCO[Si](CCCP(O)(c1ccccc1)(c1ccccc1)c1ccccc1)(OCC)OCC. The number of rotatable bonds is 13. The quantitative estimate of drug-likeness (QED) is 0.278. The van der Waals surface area contributed by atoms with Crippen molar-refractivity contribution in [3.05, 3.63) is 91.0 Å². The fourth-order valence-corrected chi connectivity index (χ4v) is 12.5. The third-order valence-electron chi connectivity index (χ3n) is 6.11. The molecular formula is C27H37O4PSi. The van der Waals surface area contributed by atoms with E-state index in [1.807, 2.05) is 75.4 Å². The predicted molar refractivity (Wildman–Crippen MR) is 142 cm³/mol. The van der Waals surface area contributed by atoms with E-state index in [-0.39, 0.29) is 0 Å². The molecule has 178 valence electrons. The Balaban J connectivity index is 2.12. The molecule has 6 heteroatoms. The molecule has 0 amide bonds. The molecule has 0 aromatic heterocycles. The fourth-order valence-electron chi connectivity index (χ4n) is 4.69. The molecule has 0 heterocycles. The van der Waals surface area contributed by atoms with Gasteiger partial charge in [-0.15, -0.1) is 0 Å². The van der Waals surface area contributed by atoms with Crippen molar-refractivity contribution in [1.29, 1.82) is 0 Å². The molecule has 0 aliphatic heterocycles. The van der Waals surface area contributed by atoms with Crippen LogP contribution in [-0.4, -0.2) is 39.7 Å². The zero-order valence-corrected chi connectivity index (χ0v) is 21.9. The Labute approximate surface area is 199 Å². The Morgan fingerprint density at radius 1 is 0.606 bits per heavy atom. The second-order valence-corrected chi connectivity index (χ2v) is 15.3. The van der Waals surface area contributed by atoms with Gasteiger partial charge in [0.25, 0.3) is 0 Å². The molecule has 0 aliphatic rings. The Morgan fingerprint density at radius 2 is 0.939 bits per heavy atom. The van der Waals surface area contributed by atoms with Gasteiger partial charge in [-0.1, -0.05) is 0 Å². The van der Waals surface area contributed by atoms with Gasteiger partial charge in [-0.2, -0.15) is 0 Å². The minimum atomic E-state index is -3.75. The summed E-state index contributed by atoms with van der Waals surface area (Å²) in [6.45, 7) is 3.81. The summed E-state index contributed by atoms with van der Waals surface area (Å²) in [6.07, 6.45) is 1.31. The first kappa shape index (κ1) is 25.8. The van der Waals surface area contributed by atoms with Crippen molar-refractivity contribution in [2.75, 3.05) is 26.0 Å². The summed E-state index contributed by atoms with van der Waals surface area (Å²) in [5.41, 5.74) is 0. The van der Waals surface area contributed by atoms with Crippen LogP contribution in [0.5, 0.6) is 0 Å². The predicted octanol–water partition coefficient (Wildman–Crippen LogP) is 4.86. The van der Waals surface area contributed by atoms with E-state index < -0.39 is 15.6 Å². The van der Waals surface area contributed by atoms with Crippen LogP contribution in [0.25, 0.3) is 0 Å². The molecule has 0 saturated carbocycles. The first-order valence-corrected chi connectivity index (χ1v) is 16.2. The van der Waals surface area contributed by atoms with Crippen LogP contribution in [0.1, 0.15) is 27.2 Å². The van der Waals surface area contributed by atoms with Gasteiger partial charge < -0.3 is 0 Å². The fraction of sp³-hybridized carbons (Fsp3) is 0.333. The molecule has 3 aromatic carbocycles. The third kappa shape index (κ3) is 5.30. The first-order valence-electron chi connectivity index (χ1n) is 11.9. The van der Waals surface area contributed by atoms with Gasteiger partial charge in [-0.3, -0.25) is 0 Å². The zero-order valence-electron chi connectivity index (χ0n) is 20.0. The summed E-state index contributed by atoms with van der Waals surface area (Å²) in [5.74, 6) is 0. The summed E-state index contributed by atoms with van der Waals surface area (Å²) < 4.78 is 18.3. The van der Waals surface area contributed by atoms with E-state index in [9.17, 15) is 4.89 Å². The summed E-state index contributed by atoms with van der Waals surface area (Å²) in [6, 6.07) is 31.1. The van der Waals surface area contributed by atoms with E-state index in [2.05, 4.69) is 36.4 Å². The van der Waals surface area contributed by atoms with Gasteiger partial charge in [-0.05, 0) is 0 Å². The molecule has 3 aromatic rings. The second kappa shape index (κ2) is 11.5. The van der Waals surface area contributed by atoms with E-state index in [0.29, 0.717) is 32.0 Å². The average Bonchev–Trinajstić information content (AvgIpc) is 2.86. The molecule has 0 aliphatic carbocycles. The van der Waals surface area contributed by atoms with Crippen molar-refractivity contribution in [1.82, 2.24) is 0 Å². The van der Waals surface area contributed by atoms with Crippen molar-refractivity contribution in [2.24, 2.45) is 0 Å². The molecular weight excluding hydrogens is 447 g/mol. The monoisotopic (exact) mass is 484 g/mol. The molecule has 33 heavy (non-hydrogen) atoms. The molecule has 0 atom stereocenters. The van der Waals surface area contributed by atoms with Gasteiger partial charge in [-0.25, -0.2) is 0 Å². The van der Waals surface area contributed by atoms with E-state index in [1.165, 1.54) is 0 Å². The second-order valence-electron chi connectivity index (χ2n) is 8.07. The van der Waals surface area contributed by atoms with Gasteiger partial charge in [0, 0.05) is 0 Å². The molecule has 0 saturated heterocycles. The van der Waals surface area contributed by atoms with Crippen LogP contribution in [0.2, 0.25) is 6.04 Å². The van der Waals surface area contributed by atoms with Gasteiger partial charge >= 0.3 is 200 Å². The maximum absolute atomic E-state index is 13.2. The minimum absolute atomic E-state index is 0.547. The van der Waals surface area contributed by atoms with Crippen LogP contribution < -0.4 is 15.9 Å². The van der Waals surface area contributed by atoms with E-state index in [0.717, 1.165) is 22.3 Å². The van der Waals surface area contributed by atoms with E-state index in [1.54, 1.807) is 0 Å². The van der Waals surface area contributed by atoms with Crippen LogP contribution in [0, 0.1) is 0 Å². The first-order chi connectivity index (χ1) is 16.0. The number of hydrogen-bond donors (Lipinski definition) is 1. The van der Waals surface area contributed by atoms with Crippen LogP contribution in [0.15, 0.2) is 91.0 Å². The van der Waals surface area contributed by atoms with Gasteiger partial charge in [0.1, 0.15) is 0 Å². The van der Waals surface area contributed by atoms with Crippen LogP contribution >= 0.6 is 6.83 Å². The Bertz CT molecular complexity index is 853. The summed E-state index contributed by atoms with van der Waals surface area (Å²) in [7, 11) is -2.82. The van der Waals surface area contributed by atoms with Crippen molar-refractivity contribution in [3.63, 3.8) is 0 Å². The Morgan fingerprint density at radius 3 is 1.24 bits per heavy atom. The van der Waals surface area contributed by atoms with Gasteiger partial charge in [0.15, 0.2) is 0 Å². The summed E-state index contributed by atoms with van der Waals surface area (Å²) in [5, 5.41) is 2.91. The van der Waals surface area contributed by atoms with Crippen molar-refractivity contribution in [2.45, 2.75) is 33.2 Å². The molecule has 0 spiro atoms. The van der Waals surface area contributed by atoms with Crippen molar-refractivity contribution < 1.29 is 18.2 Å². The molecule has 0 fully saturated rings. The van der Waals surface area contributed by atoms with E-state index >= 15 is 0 Å². The van der Waals surface area contributed by atoms with Crippen molar-refractivity contribution in [3.8, 4) is 0 Å². The number of benzene rings is 3. The van der Waals surface area contributed by atoms with Crippen LogP contribution in [0.4, 0.5) is 0 Å². The van der Waals surface area contributed by atoms with Crippen LogP contribution in [-0.2, 0) is 13.3 Å². The molecule has 1 N–H and O–H groups in total. The molecule has 4 nitrogen and oxygen atoms in total. The van der Waals surface area contributed by atoms with Gasteiger partial charge in [0.2, 0.25) is 0 Å². The Hall–Kier alpha value is -1.85. The zero-order chi connectivity index (χ0) is 23.6. The normalized spacial score (nSPS) is 13.4. The maximum atomic E-state index is 13.2.